The number of hydrazone groups is 1. The van der Waals surface area contributed by atoms with E-state index in [0.717, 1.165) is 0 Å². The molecule has 4 heteroatoms. The van der Waals surface area contributed by atoms with Gasteiger partial charge in [-0.05, 0) is 13.8 Å². The van der Waals surface area contributed by atoms with Gasteiger partial charge in [-0.1, -0.05) is 0 Å². The summed E-state index contributed by atoms with van der Waals surface area (Å²) in [4.78, 5) is 10.4. The Hall–Kier alpha value is -1.06. The van der Waals surface area contributed by atoms with Crippen LogP contribution >= 0.6 is 0 Å². The molecule has 0 aromatic heterocycles. The first-order valence-corrected chi connectivity index (χ1v) is 2.71. The monoisotopic (exact) mass is 130 g/mol. The molecule has 0 fully saturated rings. The highest BCUT2D eigenvalue weighted by Gasteiger charge is 1.93. The maximum Gasteiger partial charge on any atom is 0.427 e. The Morgan fingerprint density at radius 2 is 2.56 bits per heavy atom. The summed E-state index contributed by atoms with van der Waals surface area (Å²) >= 11 is 0. The van der Waals surface area contributed by atoms with Crippen LogP contribution in [0.25, 0.3) is 0 Å². The minimum atomic E-state index is -0.518. The van der Waals surface area contributed by atoms with Crippen molar-refractivity contribution in [2.45, 2.75) is 13.8 Å². The predicted octanol–water partition coefficient (Wildman–Crippen LogP) is 0.738. The molecule has 0 radical (unpaired) electrons. The summed E-state index contributed by atoms with van der Waals surface area (Å²) in [5.74, 6) is 0. The molecule has 0 aliphatic heterocycles. The Morgan fingerprint density at radius 3 is 3.00 bits per heavy atom. The van der Waals surface area contributed by atoms with E-state index in [0.29, 0.717) is 6.61 Å². The van der Waals surface area contributed by atoms with Crippen LogP contribution in [-0.4, -0.2) is 18.9 Å². The van der Waals surface area contributed by atoms with Crippen molar-refractivity contribution < 1.29 is 9.53 Å². The molecule has 0 aromatic rings. The van der Waals surface area contributed by atoms with Crippen LogP contribution in [0, 0.1) is 0 Å². The van der Waals surface area contributed by atoms with Crippen LogP contribution in [-0.2, 0) is 4.74 Å². The van der Waals surface area contributed by atoms with Crippen molar-refractivity contribution in [3.63, 3.8) is 0 Å². The normalized spacial score (nSPS) is 9.56. The molecule has 0 aliphatic carbocycles. The zero-order valence-corrected chi connectivity index (χ0v) is 5.55. The summed E-state index contributed by atoms with van der Waals surface area (Å²) in [6, 6.07) is 0. The predicted molar refractivity (Wildman–Crippen MR) is 34.3 cm³/mol. The second kappa shape index (κ2) is 5.08. The van der Waals surface area contributed by atoms with Gasteiger partial charge in [0, 0.05) is 6.21 Å². The first-order chi connectivity index (χ1) is 4.31. The Labute approximate surface area is 53.9 Å². The molecule has 0 bridgehead atoms. The van der Waals surface area contributed by atoms with Gasteiger partial charge in [-0.3, -0.25) is 0 Å². The van der Waals surface area contributed by atoms with E-state index in [1.54, 1.807) is 13.8 Å². The van der Waals surface area contributed by atoms with Crippen LogP contribution in [0.3, 0.4) is 0 Å². The molecule has 0 heterocycles. The number of nitrogens with zero attached hydrogens (tertiary/aromatic N) is 1. The van der Waals surface area contributed by atoms with Crippen molar-refractivity contribution >= 4 is 12.3 Å². The van der Waals surface area contributed by atoms with Crippen molar-refractivity contribution in [1.82, 2.24) is 5.43 Å². The summed E-state index contributed by atoms with van der Waals surface area (Å²) in [7, 11) is 0. The van der Waals surface area contributed by atoms with E-state index in [9.17, 15) is 4.79 Å². The van der Waals surface area contributed by atoms with Gasteiger partial charge in [0.25, 0.3) is 0 Å². The van der Waals surface area contributed by atoms with Crippen LogP contribution in [0.4, 0.5) is 4.79 Å². The molecule has 4 nitrogen and oxygen atoms in total. The Balaban J connectivity index is 3.27. The number of ether oxygens (including phenoxy) is 1. The van der Waals surface area contributed by atoms with E-state index < -0.39 is 6.09 Å². The molecule has 52 valence electrons. The van der Waals surface area contributed by atoms with E-state index in [-0.39, 0.29) is 0 Å². The lowest BCUT2D eigenvalue weighted by molar-refractivity contribution is 0.152. The molecular weight excluding hydrogens is 120 g/mol. The first kappa shape index (κ1) is 7.94. The van der Waals surface area contributed by atoms with Crippen LogP contribution in [0.2, 0.25) is 0 Å². The van der Waals surface area contributed by atoms with Crippen molar-refractivity contribution in [2.24, 2.45) is 5.10 Å². The second-order valence-corrected chi connectivity index (χ2v) is 1.22. The SMILES string of the molecule is C/C=N/NC(=O)OCC. The number of hydrogen-bond acceptors (Lipinski definition) is 3. The van der Waals surface area contributed by atoms with E-state index in [1.807, 2.05) is 0 Å². The maximum absolute atomic E-state index is 10.4. The number of nitrogens with one attached hydrogen (secondary N) is 1. The fourth-order valence-corrected chi connectivity index (χ4v) is 0.281. The lowest BCUT2D eigenvalue weighted by atomic mass is 10.9. The molecule has 0 saturated carbocycles. The highest BCUT2D eigenvalue weighted by Crippen LogP contribution is 1.73. The number of carbonyl (C=O) groups excluding carboxylic acids is 1. The fourth-order valence-electron chi connectivity index (χ4n) is 0.281. The Morgan fingerprint density at radius 1 is 1.89 bits per heavy atom. The van der Waals surface area contributed by atoms with Gasteiger partial charge in [0.15, 0.2) is 0 Å². The average Bonchev–Trinajstić information content (AvgIpc) is 1.85. The van der Waals surface area contributed by atoms with Gasteiger partial charge in [0.05, 0.1) is 6.61 Å². The van der Waals surface area contributed by atoms with Gasteiger partial charge < -0.3 is 4.74 Å². The van der Waals surface area contributed by atoms with Crippen LogP contribution in [0.5, 0.6) is 0 Å². The summed E-state index contributed by atoms with van der Waals surface area (Å²) in [5.41, 5.74) is 2.14. The minimum absolute atomic E-state index is 0.366. The number of rotatable bonds is 2. The average molecular weight is 130 g/mol. The van der Waals surface area contributed by atoms with E-state index >= 15 is 0 Å². The molecule has 0 atom stereocenters. The quantitative estimate of drug-likeness (QED) is 0.442. The molecular formula is C5H10N2O2. The second-order valence-electron chi connectivity index (χ2n) is 1.22. The largest absolute Gasteiger partial charge is 0.449 e. The number of amides is 1. The summed E-state index contributed by atoms with van der Waals surface area (Å²) in [6.45, 7) is 3.80. The van der Waals surface area contributed by atoms with Crippen LogP contribution in [0.1, 0.15) is 13.8 Å². The molecule has 0 rings (SSSR count). The molecule has 0 unspecified atom stereocenters. The van der Waals surface area contributed by atoms with Crippen molar-refractivity contribution in [2.75, 3.05) is 6.61 Å². The molecule has 0 saturated heterocycles. The van der Waals surface area contributed by atoms with Crippen molar-refractivity contribution in [1.29, 1.82) is 0 Å². The maximum atomic E-state index is 10.4. The smallest absolute Gasteiger partial charge is 0.427 e. The molecule has 0 spiro atoms. The Kier molecular flexibility index (Phi) is 4.49. The molecule has 9 heavy (non-hydrogen) atoms. The third-order valence-electron chi connectivity index (χ3n) is 0.560. The highest BCUT2D eigenvalue weighted by atomic mass is 16.5. The summed E-state index contributed by atoms with van der Waals surface area (Å²) in [6.07, 6.45) is 0.951. The zero-order chi connectivity index (χ0) is 7.11. The zero-order valence-electron chi connectivity index (χ0n) is 5.55. The molecule has 0 aromatic carbocycles. The minimum Gasteiger partial charge on any atom is -0.449 e. The third-order valence-corrected chi connectivity index (χ3v) is 0.560. The van der Waals surface area contributed by atoms with E-state index in [1.165, 1.54) is 6.21 Å². The van der Waals surface area contributed by atoms with Crippen LogP contribution in [0.15, 0.2) is 5.10 Å². The van der Waals surface area contributed by atoms with Gasteiger partial charge >= 0.3 is 6.09 Å². The van der Waals surface area contributed by atoms with Gasteiger partial charge in [-0.2, -0.15) is 5.10 Å². The van der Waals surface area contributed by atoms with Crippen LogP contribution < -0.4 is 5.43 Å². The summed E-state index contributed by atoms with van der Waals surface area (Å²) in [5, 5.41) is 3.44. The summed E-state index contributed by atoms with van der Waals surface area (Å²) < 4.78 is 4.48. The lowest BCUT2D eigenvalue weighted by Gasteiger charge is -1.96. The van der Waals surface area contributed by atoms with Gasteiger partial charge in [-0.25, -0.2) is 10.2 Å². The highest BCUT2D eigenvalue weighted by molar-refractivity contribution is 5.68. The molecule has 1 amide bonds. The fraction of sp³-hybridized carbons (Fsp3) is 0.600. The van der Waals surface area contributed by atoms with Gasteiger partial charge in [-0.15, -0.1) is 0 Å². The van der Waals surface area contributed by atoms with Crippen molar-refractivity contribution in [3.05, 3.63) is 0 Å². The van der Waals surface area contributed by atoms with Gasteiger partial charge in [0.2, 0.25) is 0 Å². The topological polar surface area (TPSA) is 50.7 Å². The van der Waals surface area contributed by atoms with E-state index in [4.69, 9.17) is 0 Å². The molecule has 1 N–H and O–H groups in total. The number of hydrogen-bond donors (Lipinski definition) is 1. The van der Waals surface area contributed by atoms with E-state index in [2.05, 4.69) is 15.3 Å². The van der Waals surface area contributed by atoms with Crippen molar-refractivity contribution in [3.8, 4) is 0 Å². The standard InChI is InChI=1S/C5H10N2O2/c1-3-6-7-5(8)9-4-2/h3H,4H2,1-2H3,(H,7,8)/b6-3+. The first-order valence-electron chi connectivity index (χ1n) is 2.71. The van der Waals surface area contributed by atoms with Gasteiger partial charge in [0.1, 0.15) is 0 Å². The lowest BCUT2D eigenvalue weighted by Crippen LogP contribution is -2.18. The number of carbonyl (C=O) groups is 1. The molecule has 0 aliphatic rings. The third kappa shape index (κ3) is 4.80. The Bertz CT molecular complexity index is 112.